The Morgan fingerprint density at radius 1 is 1.29 bits per heavy atom. The molecule has 0 unspecified atom stereocenters. The van der Waals surface area contributed by atoms with E-state index < -0.39 is 0 Å². The minimum atomic E-state index is 0.304. The van der Waals surface area contributed by atoms with Crippen LogP contribution in [0.2, 0.25) is 0 Å². The molecule has 0 saturated heterocycles. The molecule has 0 atom stereocenters. The number of benzene rings is 1. The third kappa shape index (κ3) is 2.80. The SMILES string of the molecule is Cc1ccc(Br)c(Nc2cnc(C#N)cn2)c1. The predicted octanol–water partition coefficient (Wildman–Crippen LogP) is 3.16. The van der Waals surface area contributed by atoms with Crippen molar-refractivity contribution in [3.05, 3.63) is 46.3 Å². The number of rotatable bonds is 2. The lowest BCUT2D eigenvalue weighted by Crippen LogP contribution is -1.96. The van der Waals surface area contributed by atoms with Gasteiger partial charge in [0.2, 0.25) is 0 Å². The van der Waals surface area contributed by atoms with Crippen molar-refractivity contribution in [2.45, 2.75) is 6.92 Å². The molecule has 0 amide bonds. The van der Waals surface area contributed by atoms with Gasteiger partial charge in [0.05, 0.1) is 18.1 Å². The van der Waals surface area contributed by atoms with Crippen molar-refractivity contribution in [3.8, 4) is 6.07 Å². The Hall–Kier alpha value is -1.93. The molecule has 1 N–H and O–H groups in total. The third-order valence-corrected chi connectivity index (χ3v) is 2.84. The molecule has 0 bridgehead atoms. The molecule has 0 radical (unpaired) electrons. The first kappa shape index (κ1) is 11.6. The zero-order valence-electron chi connectivity index (χ0n) is 9.11. The first-order valence-corrected chi connectivity index (χ1v) is 5.73. The molecule has 84 valence electrons. The third-order valence-electron chi connectivity index (χ3n) is 2.15. The molecule has 0 spiro atoms. The van der Waals surface area contributed by atoms with Gasteiger partial charge in [-0.3, -0.25) is 0 Å². The van der Waals surface area contributed by atoms with Crippen molar-refractivity contribution >= 4 is 27.4 Å². The lowest BCUT2D eigenvalue weighted by molar-refractivity contribution is 1.16. The summed E-state index contributed by atoms with van der Waals surface area (Å²) in [6, 6.07) is 7.91. The fourth-order valence-electron chi connectivity index (χ4n) is 1.32. The van der Waals surface area contributed by atoms with E-state index in [1.54, 1.807) is 0 Å². The summed E-state index contributed by atoms with van der Waals surface area (Å²) in [6.45, 7) is 2.02. The molecule has 1 aromatic carbocycles. The normalized spacial score (nSPS) is 9.71. The molecular formula is C12H9BrN4. The van der Waals surface area contributed by atoms with Crippen molar-refractivity contribution < 1.29 is 0 Å². The number of hydrogen-bond acceptors (Lipinski definition) is 4. The summed E-state index contributed by atoms with van der Waals surface area (Å²) in [5.74, 6) is 0.607. The molecule has 2 rings (SSSR count). The zero-order chi connectivity index (χ0) is 12.3. The highest BCUT2D eigenvalue weighted by Crippen LogP contribution is 2.25. The number of nitrogens with one attached hydrogen (secondary N) is 1. The van der Waals surface area contributed by atoms with Crippen molar-refractivity contribution in [3.63, 3.8) is 0 Å². The van der Waals surface area contributed by atoms with Gasteiger partial charge >= 0.3 is 0 Å². The minimum Gasteiger partial charge on any atom is -0.338 e. The molecule has 1 aromatic heterocycles. The standard InChI is InChI=1S/C12H9BrN4/c1-8-2-3-10(13)11(4-8)17-12-7-15-9(5-14)6-16-12/h2-4,6-7H,1H3,(H,16,17). The summed E-state index contributed by atoms with van der Waals surface area (Å²) in [6.07, 6.45) is 2.97. The minimum absolute atomic E-state index is 0.304. The number of aromatic nitrogens is 2. The average molecular weight is 289 g/mol. The summed E-state index contributed by atoms with van der Waals surface area (Å²) < 4.78 is 0.953. The second kappa shape index (κ2) is 4.93. The van der Waals surface area contributed by atoms with Gasteiger partial charge in [0.25, 0.3) is 0 Å². The second-order valence-electron chi connectivity index (χ2n) is 3.51. The Kier molecular flexibility index (Phi) is 3.35. The van der Waals surface area contributed by atoms with E-state index in [2.05, 4.69) is 31.2 Å². The van der Waals surface area contributed by atoms with E-state index in [1.807, 2.05) is 31.2 Å². The number of nitriles is 1. The zero-order valence-corrected chi connectivity index (χ0v) is 10.7. The quantitative estimate of drug-likeness (QED) is 0.922. The highest BCUT2D eigenvalue weighted by Gasteiger charge is 2.02. The largest absolute Gasteiger partial charge is 0.338 e. The Balaban J connectivity index is 2.25. The van der Waals surface area contributed by atoms with E-state index in [0.717, 1.165) is 15.7 Å². The number of aryl methyl sites for hydroxylation is 1. The number of nitrogens with zero attached hydrogens (tertiary/aromatic N) is 3. The summed E-state index contributed by atoms with van der Waals surface area (Å²) in [7, 11) is 0. The Morgan fingerprint density at radius 3 is 2.76 bits per heavy atom. The van der Waals surface area contributed by atoms with Crippen LogP contribution in [0.5, 0.6) is 0 Å². The molecule has 0 aliphatic rings. The van der Waals surface area contributed by atoms with Crippen LogP contribution in [0.3, 0.4) is 0 Å². The number of hydrogen-bond donors (Lipinski definition) is 1. The van der Waals surface area contributed by atoms with Gasteiger partial charge in [-0.05, 0) is 40.5 Å². The fraction of sp³-hybridized carbons (Fsp3) is 0.0833. The Labute approximate surface area is 107 Å². The first-order chi connectivity index (χ1) is 8.19. The van der Waals surface area contributed by atoms with Crippen molar-refractivity contribution in [1.82, 2.24) is 9.97 Å². The monoisotopic (exact) mass is 288 g/mol. The van der Waals surface area contributed by atoms with Crippen LogP contribution in [0, 0.1) is 18.3 Å². The van der Waals surface area contributed by atoms with E-state index in [1.165, 1.54) is 12.4 Å². The van der Waals surface area contributed by atoms with Crippen LogP contribution in [-0.2, 0) is 0 Å². The van der Waals surface area contributed by atoms with Gasteiger partial charge < -0.3 is 5.32 Å². The average Bonchev–Trinajstić information content (AvgIpc) is 2.35. The molecule has 0 aliphatic carbocycles. The number of anilines is 2. The van der Waals surface area contributed by atoms with Gasteiger partial charge in [-0.25, -0.2) is 9.97 Å². The summed E-state index contributed by atoms with van der Waals surface area (Å²) in [5, 5.41) is 11.8. The molecular weight excluding hydrogens is 280 g/mol. The molecule has 0 saturated carbocycles. The van der Waals surface area contributed by atoms with Gasteiger partial charge in [0.15, 0.2) is 5.69 Å². The lowest BCUT2D eigenvalue weighted by atomic mass is 10.2. The molecule has 17 heavy (non-hydrogen) atoms. The first-order valence-electron chi connectivity index (χ1n) is 4.94. The van der Waals surface area contributed by atoms with Crippen LogP contribution in [0.15, 0.2) is 35.1 Å². The fourth-order valence-corrected chi connectivity index (χ4v) is 1.67. The highest BCUT2D eigenvalue weighted by molar-refractivity contribution is 9.10. The van der Waals surface area contributed by atoms with Crippen LogP contribution >= 0.6 is 15.9 Å². The summed E-state index contributed by atoms with van der Waals surface area (Å²) >= 11 is 3.45. The van der Waals surface area contributed by atoms with Crippen LogP contribution in [0.25, 0.3) is 0 Å². The van der Waals surface area contributed by atoms with E-state index in [9.17, 15) is 0 Å². The van der Waals surface area contributed by atoms with Gasteiger partial charge in [-0.2, -0.15) is 5.26 Å². The summed E-state index contributed by atoms with van der Waals surface area (Å²) in [4.78, 5) is 8.04. The van der Waals surface area contributed by atoms with Gasteiger partial charge in [0.1, 0.15) is 11.9 Å². The van der Waals surface area contributed by atoms with Crippen LogP contribution in [0.1, 0.15) is 11.3 Å². The topological polar surface area (TPSA) is 61.6 Å². The number of halogens is 1. The highest BCUT2D eigenvalue weighted by atomic mass is 79.9. The van der Waals surface area contributed by atoms with E-state index >= 15 is 0 Å². The molecule has 4 nitrogen and oxygen atoms in total. The van der Waals surface area contributed by atoms with E-state index in [0.29, 0.717) is 11.5 Å². The summed E-state index contributed by atoms with van der Waals surface area (Å²) in [5.41, 5.74) is 2.38. The molecule has 2 aromatic rings. The maximum atomic E-state index is 8.62. The van der Waals surface area contributed by atoms with E-state index in [4.69, 9.17) is 5.26 Å². The predicted molar refractivity (Wildman–Crippen MR) is 68.9 cm³/mol. The molecule has 1 heterocycles. The van der Waals surface area contributed by atoms with Gasteiger partial charge in [-0.15, -0.1) is 0 Å². The maximum Gasteiger partial charge on any atom is 0.158 e. The van der Waals surface area contributed by atoms with Crippen molar-refractivity contribution in [2.24, 2.45) is 0 Å². The van der Waals surface area contributed by atoms with Crippen molar-refractivity contribution in [1.29, 1.82) is 5.26 Å². The Morgan fingerprint density at radius 2 is 2.12 bits per heavy atom. The second-order valence-corrected chi connectivity index (χ2v) is 4.36. The van der Waals surface area contributed by atoms with E-state index in [-0.39, 0.29) is 0 Å². The smallest absolute Gasteiger partial charge is 0.158 e. The molecule has 5 heteroatoms. The van der Waals surface area contributed by atoms with Crippen LogP contribution < -0.4 is 5.32 Å². The van der Waals surface area contributed by atoms with Crippen molar-refractivity contribution in [2.75, 3.05) is 5.32 Å². The molecule has 0 aliphatic heterocycles. The van der Waals surface area contributed by atoms with Gasteiger partial charge in [0, 0.05) is 4.47 Å². The van der Waals surface area contributed by atoms with Crippen LogP contribution in [-0.4, -0.2) is 9.97 Å². The lowest BCUT2D eigenvalue weighted by Gasteiger charge is -2.08. The van der Waals surface area contributed by atoms with Gasteiger partial charge in [-0.1, -0.05) is 6.07 Å². The van der Waals surface area contributed by atoms with Crippen LogP contribution in [0.4, 0.5) is 11.5 Å². The Bertz CT molecular complexity index is 572. The maximum absolute atomic E-state index is 8.62. The molecule has 0 fully saturated rings.